The van der Waals surface area contributed by atoms with E-state index in [0.29, 0.717) is 16.6 Å². The molecular weight excluding hydrogens is 348 g/mol. The van der Waals surface area contributed by atoms with E-state index in [-0.39, 0.29) is 5.56 Å². The molecule has 0 amide bonds. The second kappa shape index (κ2) is 5.54. The van der Waals surface area contributed by atoms with E-state index in [2.05, 4.69) is 0 Å². The Morgan fingerprint density at radius 3 is 2.32 bits per heavy atom. The summed E-state index contributed by atoms with van der Waals surface area (Å²) >= 11 is 0. The highest BCUT2D eigenvalue weighted by molar-refractivity contribution is 6.12. The fourth-order valence-electron chi connectivity index (χ4n) is 3.97. The van der Waals surface area contributed by atoms with Gasteiger partial charge in [-0.15, -0.1) is 0 Å². The van der Waals surface area contributed by atoms with Crippen LogP contribution in [-0.2, 0) is 0 Å². The first-order valence-corrected chi connectivity index (χ1v) is 9.12. The molecule has 4 heteroatoms. The average molecular weight is 362 g/mol. The Hall–Kier alpha value is -3.92. The summed E-state index contributed by atoms with van der Waals surface area (Å²) in [5.74, 6) is 0. The van der Waals surface area contributed by atoms with Crippen molar-refractivity contribution in [3.8, 4) is 11.3 Å². The number of nitrogens with zero attached hydrogens (tertiary/aromatic N) is 2. The summed E-state index contributed by atoms with van der Waals surface area (Å²) in [6.45, 7) is 0. The normalized spacial score (nSPS) is 11.7. The number of pyridine rings is 1. The number of aromatic nitrogens is 2. The molecule has 3 aromatic carbocycles. The van der Waals surface area contributed by atoms with Gasteiger partial charge in [-0.1, -0.05) is 60.7 Å². The molecule has 132 valence electrons. The van der Waals surface area contributed by atoms with Crippen LogP contribution >= 0.6 is 0 Å². The van der Waals surface area contributed by atoms with Gasteiger partial charge in [0.1, 0.15) is 16.8 Å². The summed E-state index contributed by atoms with van der Waals surface area (Å²) in [4.78, 5) is 18.2. The van der Waals surface area contributed by atoms with Crippen molar-refractivity contribution < 1.29 is 4.42 Å². The zero-order valence-electron chi connectivity index (χ0n) is 14.8. The van der Waals surface area contributed by atoms with E-state index >= 15 is 0 Å². The van der Waals surface area contributed by atoms with Crippen molar-refractivity contribution in [1.29, 1.82) is 0 Å². The van der Waals surface area contributed by atoms with Gasteiger partial charge in [0.2, 0.25) is 0 Å². The molecule has 0 bridgehead atoms. The second-order valence-corrected chi connectivity index (χ2v) is 6.82. The van der Waals surface area contributed by atoms with Crippen molar-refractivity contribution >= 4 is 38.5 Å². The van der Waals surface area contributed by atoms with Gasteiger partial charge in [0.05, 0.1) is 22.0 Å². The molecule has 3 aromatic heterocycles. The minimum Gasteiger partial charge on any atom is -0.456 e. The van der Waals surface area contributed by atoms with Crippen LogP contribution in [0.1, 0.15) is 0 Å². The van der Waals surface area contributed by atoms with Crippen LogP contribution in [0.5, 0.6) is 0 Å². The van der Waals surface area contributed by atoms with Gasteiger partial charge in [0.25, 0.3) is 5.56 Å². The number of furan rings is 1. The molecule has 28 heavy (non-hydrogen) atoms. The summed E-state index contributed by atoms with van der Waals surface area (Å²) in [6.07, 6.45) is 0. The quantitative estimate of drug-likeness (QED) is 0.367. The Kier molecular flexibility index (Phi) is 3.00. The third kappa shape index (κ3) is 2.00. The van der Waals surface area contributed by atoms with Crippen LogP contribution < -0.4 is 5.56 Å². The number of fused-ring (bicyclic) bond motifs is 5. The maximum atomic E-state index is 13.5. The molecule has 0 unspecified atom stereocenters. The van der Waals surface area contributed by atoms with E-state index in [1.807, 2.05) is 84.9 Å². The van der Waals surface area contributed by atoms with Crippen LogP contribution in [0.25, 0.3) is 49.7 Å². The predicted octanol–water partition coefficient (Wildman–Crippen LogP) is 5.41. The lowest BCUT2D eigenvalue weighted by Crippen LogP contribution is -2.17. The number of benzene rings is 3. The van der Waals surface area contributed by atoms with E-state index in [1.165, 1.54) is 0 Å². The van der Waals surface area contributed by atoms with Gasteiger partial charge in [-0.3, -0.25) is 9.20 Å². The second-order valence-electron chi connectivity index (χ2n) is 6.82. The summed E-state index contributed by atoms with van der Waals surface area (Å²) < 4.78 is 7.83. The predicted molar refractivity (Wildman–Crippen MR) is 112 cm³/mol. The molecule has 0 N–H and O–H groups in total. The standard InChI is InChI=1S/C24H14N2O2/c27-24-16-10-4-6-12-18(16)25-21-14-20-22(17-11-5-7-13-19(17)28-20)23(26(21)24)15-8-2-1-3-9-15/h1-14H. The first kappa shape index (κ1) is 15.2. The highest BCUT2D eigenvalue weighted by Crippen LogP contribution is 2.37. The van der Waals surface area contributed by atoms with Crippen molar-refractivity contribution in [3.63, 3.8) is 0 Å². The van der Waals surface area contributed by atoms with Gasteiger partial charge >= 0.3 is 0 Å². The summed E-state index contributed by atoms with van der Waals surface area (Å²) in [7, 11) is 0. The van der Waals surface area contributed by atoms with Crippen LogP contribution in [0.2, 0.25) is 0 Å². The monoisotopic (exact) mass is 362 g/mol. The van der Waals surface area contributed by atoms with Crippen molar-refractivity contribution in [2.75, 3.05) is 0 Å². The van der Waals surface area contributed by atoms with Gasteiger partial charge in [-0.05, 0) is 23.8 Å². The molecular formula is C24H14N2O2. The highest BCUT2D eigenvalue weighted by Gasteiger charge is 2.19. The molecule has 0 aliphatic carbocycles. The highest BCUT2D eigenvalue weighted by atomic mass is 16.3. The zero-order chi connectivity index (χ0) is 18.7. The van der Waals surface area contributed by atoms with Crippen LogP contribution in [-0.4, -0.2) is 9.38 Å². The molecule has 4 nitrogen and oxygen atoms in total. The lowest BCUT2D eigenvalue weighted by molar-refractivity contribution is 0.668. The average Bonchev–Trinajstić information content (AvgIpc) is 3.11. The van der Waals surface area contributed by atoms with Crippen LogP contribution in [0.3, 0.4) is 0 Å². The van der Waals surface area contributed by atoms with Gasteiger partial charge in [0, 0.05) is 11.5 Å². The van der Waals surface area contributed by atoms with Crippen molar-refractivity contribution in [1.82, 2.24) is 9.38 Å². The largest absolute Gasteiger partial charge is 0.456 e. The van der Waals surface area contributed by atoms with Crippen LogP contribution in [0, 0.1) is 0 Å². The molecule has 0 saturated carbocycles. The molecule has 0 fully saturated rings. The lowest BCUT2D eigenvalue weighted by atomic mass is 10.0. The number of para-hydroxylation sites is 2. The smallest absolute Gasteiger partial charge is 0.266 e. The summed E-state index contributed by atoms with van der Waals surface area (Å²) in [6, 6.07) is 27.1. The summed E-state index contributed by atoms with van der Waals surface area (Å²) in [5, 5.41) is 2.51. The molecule has 0 spiro atoms. The molecule has 0 aliphatic rings. The third-order valence-corrected chi connectivity index (χ3v) is 5.19. The minimum absolute atomic E-state index is 0.0772. The number of rotatable bonds is 1. The topological polar surface area (TPSA) is 47.5 Å². The van der Waals surface area contributed by atoms with Crippen molar-refractivity contribution in [2.24, 2.45) is 0 Å². The lowest BCUT2D eigenvalue weighted by Gasteiger charge is -2.11. The van der Waals surface area contributed by atoms with Gasteiger partial charge in [-0.2, -0.15) is 0 Å². The molecule has 3 heterocycles. The molecule has 0 aliphatic heterocycles. The van der Waals surface area contributed by atoms with Gasteiger partial charge in [0.15, 0.2) is 0 Å². The SMILES string of the molecule is O=c1c2ccccc2nc2cc3oc4ccccc4c3c(-c3ccccc3)n12. The molecule has 0 atom stereocenters. The molecule has 6 rings (SSSR count). The molecule has 0 saturated heterocycles. The Balaban J connectivity index is 1.96. The van der Waals surface area contributed by atoms with Gasteiger partial charge < -0.3 is 4.42 Å². The number of hydrogen-bond donors (Lipinski definition) is 0. The van der Waals surface area contributed by atoms with Gasteiger partial charge in [-0.25, -0.2) is 4.98 Å². The van der Waals surface area contributed by atoms with Crippen molar-refractivity contribution in [3.05, 3.63) is 95.3 Å². The number of hydrogen-bond acceptors (Lipinski definition) is 3. The van der Waals surface area contributed by atoms with Crippen LogP contribution in [0.4, 0.5) is 0 Å². The maximum Gasteiger partial charge on any atom is 0.266 e. The molecule has 6 aromatic rings. The van der Waals surface area contributed by atoms with E-state index in [9.17, 15) is 4.79 Å². The zero-order valence-corrected chi connectivity index (χ0v) is 14.8. The first-order valence-electron chi connectivity index (χ1n) is 9.12. The summed E-state index contributed by atoms with van der Waals surface area (Å²) in [5.41, 5.74) is 4.46. The Morgan fingerprint density at radius 1 is 0.750 bits per heavy atom. The van der Waals surface area contributed by atoms with E-state index in [4.69, 9.17) is 9.40 Å². The third-order valence-electron chi connectivity index (χ3n) is 5.19. The first-order chi connectivity index (χ1) is 13.8. The maximum absolute atomic E-state index is 13.5. The minimum atomic E-state index is -0.0772. The Morgan fingerprint density at radius 2 is 1.46 bits per heavy atom. The van der Waals surface area contributed by atoms with E-state index in [1.54, 1.807) is 4.40 Å². The Bertz CT molecular complexity index is 1580. The fraction of sp³-hybridized carbons (Fsp3) is 0. The molecule has 0 radical (unpaired) electrons. The fourth-order valence-corrected chi connectivity index (χ4v) is 3.97. The van der Waals surface area contributed by atoms with E-state index < -0.39 is 0 Å². The Labute approximate surface area is 159 Å². The van der Waals surface area contributed by atoms with Crippen molar-refractivity contribution in [2.45, 2.75) is 0 Å². The van der Waals surface area contributed by atoms with Crippen LogP contribution in [0.15, 0.2) is 94.1 Å². The van der Waals surface area contributed by atoms with E-state index in [0.717, 1.165) is 33.2 Å².